The van der Waals surface area contributed by atoms with Gasteiger partial charge in [0.1, 0.15) is 0 Å². The second-order valence-electron chi connectivity index (χ2n) is 4.83. The van der Waals surface area contributed by atoms with Crippen LogP contribution in [-0.2, 0) is 0 Å². The van der Waals surface area contributed by atoms with Gasteiger partial charge < -0.3 is 10.1 Å². The van der Waals surface area contributed by atoms with E-state index in [1.165, 1.54) is 13.2 Å². The van der Waals surface area contributed by atoms with E-state index in [-0.39, 0.29) is 17.6 Å². The number of benzene rings is 2. The molecule has 0 saturated carbocycles. The maximum atomic E-state index is 13.6. The normalized spacial score (nSPS) is 12.2. The van der Waals surface area contributed by atoms with Gasteiger partial charge in [0.15, 0.2) is 11.6 Å². The molecule has 1 unspecified atom stereocenters. The Morgan fingerprint density at radius 2 is 1.81 bits per heavy atom. The van der Waals surface area contributed by atoms with Crippen LogP contribution in [0.2, 0.25) is 0 Å². The van der Waals surface area contributed by atoms with E-state index in [1.807, 2.05) is 12.1 Å². The maximum absolute atomic E-state index is 13.6. The Labute approximate surface area is 133 Å². The average Bonchev–Trinajstić information content (AvgIpc) is 2.50. The van der Waals surface area contributed by atoms with E-state index in [1.54, 1.807) is 12.1 Å². The number of nitrogens with one attached hydrogen (secondary N) is 1. The molecule has 112 valence electrons. The number of hydrogen-bond donors (Lipinski definition) is 1. The number of rotatable bonds is 6. The third-order valence-electron chi connectivity index (χ3n) is 3.31. The van der Waals surface area contributed by atoms with Crippen molar-refractivity contribution in [3.05, 3.63) is 63.9 Å². The molecule has 0 aliphatic carbocycles. The van der Waals surface area contributed by atoms with Crippen molar-refractivity contribution in [2.75, 3.05) is 13.7 Å². The highest BCUT2D eigenvalue weighted by atomic mass is 79.9. The van der Waals surface area contributed by atoms with Crippen molar-refractivity contribution in [2.45, 2.75) is 19.4 Å². The quantitative estimate of drug-likeness (QED) is 0.815. The summed E-state index contributed by atoms with van der Waals surface area (Å²) in [7, 11) is 1.48. The van der Waals surface area contributed by atoms with Gasteiger partial charge in [-0.25, -0.2) is 4.39 Å². The fraction of sp³-hybridized carbons (Fsp3) is 0.294. The lowest BCUT2D eigenvalue weighted by Crippen LogP contribution is -2.23. The van der Waals surface area contributed by atoms with Crippen LogP contribution in [0.4, 0.5) is 4.39 Å². The van der Waals surface area contributed by atoms with Gasteiger partial charge in [-0.1, -0.05) is 41.1 Å². The molecule has 4 heteroatoms. The van der Waals surface area contributed by atoms with E-state index < -0.39 is 0 Å². The minimum atomic E-state index is -0.341. The van der Waals surface area contributed by atoms with Crippen LogP contribution in [0.1, 0.15) is 30.5 Å². The fourth-order valence-electron chi connectivity index (χ4n) is 2.23. The van der Waals surface area contributed by atoms with Crippen LogP contribution < -0.4 is 10.1 Å². The first kappa shape index (κ1) is 16.0. The van der Waals surface area contributed by atoms with E-state index >= 15 is 0 Å². The molecule has 0 aliphatic rings. The zero-order chi connectivity index (χ0) is 15.2. The molecule has 21 heavy (non-hydrogen) atoms. The van der Waals surface area contributed by atoms with Crippen LogP contribution in [0.15, 0.2) is 46.9 Å². The van der Waals surface area contributed by atoms with Gasteiger partial charge in [-0.3, -0.25) is 0 Å². The number of halogens is 2. The summed E-state index contributed by atoms with van der Waals surface area (Å²) in [6.07, 6.45) is 1.03. The molecule has 0 saturated heterocycles. The molecule has 2 rings (SSSR count). The Balaban J connectivity index is 2.37. The monoisotopic (exact) mass is 351 g/mol. The van der Waals surface area contributed by atoms with Gasteiger partial charge in [0.2, 0.25) is 0 Å². The number of methoxy groups -OCH3 is 1. The van der Waals surface area contributed by atoms with Gasteiger partial charge in [0.25, 0.3) is 0 Å². The van der Waals surface area contributed by atoms with Gasteiger partial charge in [0.05, 0.1) is 13.2 Å². The Bertz CT molecular complexity index is 586. The van der Waals surface area contributed by atoms with Crippen molar-refractivity contribution in [1.29, 1.82) is 0 Å². The zero-order valence-corrected chi connectivity index (χ0v) is 13.8. The molecule has 1 atom stereocenters. The Morgan fingerprint density at radius 1 is 1.14 bits per heavy atom. The first-order valence-corrected chi connectivity index (χ1v) is 7.77. The van der Waals surface area contributed by atoms with Crippen molar-refractivity contribution < 1.29 is 9.13 Å². The van der Waals surface area contributed by atoms with Crippen LogP contribution >= 0.6 is 15.9 Å². The van der Waals surface area contributed by atoms with Gasteiger partial charge in [-0.2, -0.15) is 0 Å². The Morgan fingerprint density at radius 3 is 2.43 bits per heavy atom. The van der Waals surface area contributed by atoms with Crippen LogP contribution in [0.3, 0.4) is 0 Å². The number of hydrogen-bond acceptors (Lipinski definition) is 2. The molecule has 0 radical (unpaired) electrons. The summed E-state index contributed by atoms with van der Waals surface area (Å²) >= 11 is 3.45. The molecular weight excluding hydrogens is 333 g/mol. The summed E-state index contributed by atoms with van der Waals surface area (Å²) in [6.45, 7) is 3.01. The lowest BCUT2D eigenvalue weighted by atomic mass is 9.98. The van der Waals surface area contributed by atoms with Gasteiger partial charge in [0, 0.05) is 4.47 Å². The average molecular weight is 352 g/mol. The van der Waals surface area contributed by atoms with Crippen molar-refractivity contribution in [3.8, 4) is 5.75 Å². The lowest BCUT2D eigenvalue weighted by Gasteiger charge is -2.20. The lowest BCUT2D eigenvalue weighted by molar-refractivity contribution is 0.385. The van der Waals surface area contributed by atoms with Crippen LogP contribution in [0, 0.1) is 5.82 Å². The summed E-state index contributed by atoms with van der Waals surface area (Å²) in [6, 6.07) is 13.2. The first-order valence-electron chi connectivity index (χ1n) is 6.98. The van der Waals surface area contributed by atoms with Crippen LogP contribution in [0.5, 0.6) is 5.75 Å². The highest BCUT2D eigenvalue weighted by Crippen LogP contribution is 2.28. The molecule has 0 aromatic heterocycles. The molecule has 2 aromatic rings. The van der Waals surface area contributed by atoms with E-state index in [0.717, 1.165) is 28.6 Å². The smallest absolute Gasteiger partial charge is 0.165 e. The summed E-state index contributed by atoms with van der Waals surface area (Å²) < 4.78 is 19.7. The van der Waals surface area contributed by atoms with Crippen molar-refractivity contribution in [2.24, 2.45) is 0 Å². The predicted molar refractivity (Wildman–Crippen MR) is 87.2 cm³/mol. The second kappa shape index (κ2) is 7.57. The summed E-state index contributed by atoms with van der Waals surface area (Å²) in [5, 5.41) is 3.50. The SMILES string of the molecule is CCCNC(c1ccc(Br)cc1)c1ccc(F)c(OC)c1. The molecule has 0 fully saturated rings. The third-order valence-corrected chi connectivity index (χ3v) is 3.84. The van der Waals surface area contributed by atoms with Crippen molar-refractivity contribution in [3.63, 3.8) is 0 Å². The summed E-state index contributed by atoms with van der Waals surface area (Å²) in [5.74, 6) is -0.0702. The molecule has 1 N–H and O–H groups in total. The minimum absolute atomic E-state index is 0.0209. The first-order chi connectivity index (χ1) is 10.2. The molecule has 2 aromatic carbocycles. The van der Waals surface area contributed by atoms with Crippen molar-refractivity contribution >= 4 is 15.9 Å². The minimum Gasteiger partial charge on any atom is -0.494 e. The largest absolute Gasteiger partial charge is 0.494 e. The van der Waals surface area contributed by atoms with Gasteiger partial charge in [-0.05, 0) is 48.4 Å². The highest BCUT2D eigenvalue weighted by Gasteiger charge is 2.15. The Kier molecular flexibility index (Phi) is 5.76. The molecule has 0 aliphatic heterocycles. The standard InChI is InChI=1S/C17H19BrFNO/c1-3-10-20-17(12-4-7-14(18)8-5-12)13-6-9-15(19)16(11-13)21-2/h4-9,11,17,20H,3,10H2,1-2H3. The molecule has 2 nitrogen and oxygen atoms in total. The predicted octanol–water partition coefficient (Wildman–Crippen LogP) is 4.69. The van der Waals surface area contributed by atoms with E-state index in [9.17, 15) is 4.39 Å². The van der Waals surface area contributed by atoms with Crippen molar-refractivity contribution in [1.82, 2.24) is 5.32 Å². The van der Waals surface area contributed by atoms with E-state index in [4.69, 9.17) is 4.74 Å². The van der Waals surface area contributed by atoms with Gasteiger partial charge in [-0.15, -0.1) is 0 Å². The molecule has 0 spiro atoms. The number of ether oxygens (including phenoxy) is 1. The maximum Gasteiger partial charge on any atom is 0.165 e. The fourth-order valence-corrected chi connectivity index (χ4v) is 2.49. The Hall–Kier alpha value is -1.39. The third kappa shape index (κ3) is 4.05. The van der Waals surface area contributed by atoms with E-state index in [0.29, 0.717) is 0 Å². The summed E-state index contributed by atoms with van der Waals surface area (Å²) in [4.78, 5) is 0. The topological polar surface area (TPSA) is 21.3 Å². The molecule has 0 heterocycles. The molecule has 0 amide bonds. The zero-order valence-electron chi connectivity index (χ0n) is 12.2. The van der Waals surface area contributed by atoms with Gasteiger partial charge >= 0.3 is 0 Å². The summed E-state index contributed by atoms with van der Waals surface area (Å²) in [5.41, 5.74) is 2.13. The van der Waals surface area contributed by atoms with Crippen LogP contribution in [0.25, 0.3) is 0 Å². The molecular formula is C17H19BrFNO. The van der Waals surface area contributed by atoms with E-state index in [2.05, 4.69) is 40.3 Å². The molecule has 0 bridgehead atoms. The highest BCUT2D eigenvalue weighted by molar-refractivity contribution is 9.10. The second-order valence-corrected chi connectivity index (χ2v) is 5.75. The van der Waals surface area contributed by atoms with Crippen LogP contribution in [-0.4, -0.2) is 13.7 Å².